The van der Waals surface area contributed by atoms with Crippen LogP contribution >= 0.6 is 0 Å². The van der Waals surface area contributed by atoms with E-state index in [2.05, 4.69) is 6.07 Å². The highest BCUT2D eigenvalue weighted by Crippen LogP contribution is 2.28. The average Bonchev–Trinajstić information content (AvgIpc) is 2.47. The second-order valence-corrected chi connectivity index (χ2v) is 4.64. The average molecular weight is 247 g/mol. The Balaban J connectivity index is 1.82. The van der Waals surface area contributed by atoms with Crippen molar-refractivity contribution in [2.75, 3.05) is 32.9 Å². The van der Waals surface area contributed by atoms with Gasteiger partial charge in [0.05, 0.1) is 19.8 Å². The van der Waals surface area contributed by atoms with E-state index >= 15 is 0 Å². The van der Waals surface area contributed by atoms with Gasteiger partial charge in [0, 0.05) is 13.1 Å². The molecule has 18 heavy (non-hydrogen) atoms. The van der Waals surface area contributed by atoms with E-state index in [0.29, 0.717) is 32.9 Å². The standard InChI is InChI=1S/C14H17NO3/c16-14(15-6-9-17-10-7-15)13-12-4-2-1-3-11(12)5-8-18-13/h1-4,13H,5-10H2. The highest BCUT2D eigenvalue weighted by molar-refractivity contribution is 5.83. The summed E-state index contributed by atoms with van der Waals surface area (Å²) < 4.78 is 11.0. The van der Waals surface area contributed by atoms with Gasteiger partial charge in [0.25, 0.3) is 5.91 Å². The van der Waals surface area contributed by atoms with Gasteiger partial charge in [0.1, 0.15) is 0 Å². The highest BCUT2D eigenvalue weighted by atomic mass is 16.5. The van der Waals surface area contributed by atoms with E-state index in [1.54, 1.807) is 0 Å². The Kier molecular flexibility index (Phi) is 3.30. The van der Waals surface area contributed by atoms with Crippen LogP contribution in [0.3, 0.4) is 0 Å². The summed E-state index contributed by atoms with van der Waals surface area (Å²) in [6, 6.07) is 8.06. The molecule has 1 amide bonds. The van der Waals surface area contributed by atoms with Crippen molar-refractivity contribution >= 4 is 5.91 Å². The third-order valence-corrected chi connectivity index (χ3v) is 3.54. The molecular formula is C14H17NO3. The second-order valence-electron chi connectivity index (χ2n) is 4.64. The van der Waals surface area contributed by atoms with Crippen LogP contribution in [0.15, 0.2) is 24.3 Å². The quantitative estimate of drug-likeness (QED) is 0.747. The number of morpholine rings is 1. The van der Waals surface area contributed by atoms with Crippen LogP contribution in [0.1, 0.15) is 17.2 Å². The molecule has 0 bridgehead atoms. The number of rotatable bonds is 1. The smallest absolute Gasteiger partial charge is 0.256 e. The summed E-state index contributed by atoms with van der Waals surface area (Å²) in [6.07, 6.45) is 0.469. The van der Waals surface area contributed by atoms with Crippen LogP contribution in [0, 0.1) is 0 Å². The molecule has 1 aromatic carbocycles. The molecule has 1 fully saturated rings. The summed E-state index contributed by atoms with van der Waals surface area (Å²) in [5.41, 5.74) is 2.26. The molecule has 2 aliphatic rings. The molecule has 1 saturated heterocycles. The topological polar surface area (TPSA) is 38.8 Å². The highest BCUT2D eigenvalue weighted by Gasteiger charge is 2.31. The number of hydrogen-bond donors (Lipinski definition) is 0. The normalized spacial score (nSPS) is 23.6. The largest absolute Gasteiger partial charge is 0.378 e. The number of carbonyl (C=O) groups is 1. The van der Waals surface area contributed by atoms with Crippen LogP contribution in [-0.4, -0.2) is 43.7 Å². The van der Waals surface area contributed by atoms with Crippen LogP contribution in [0.2, 0.25) is 0 Å². The van der Waals surface area contributed by atoms with Crippen molar-refractivity contribution < 1.29 is 14.3 Å². The van der Waals surface area contributed by atoms with Crippen molar-refractivity contribution in [3.63, 3.8) is 0 Å². The van der Waals surface area contributed by atoms with E-state index in [4.69, 9.17) is 9.47 Å². The van der Waals surface area contributed by atoms with Gasteiger partial charge >= 0.3 is 0 Å². The zero-order valence-corrected chi connectivity index (χ0v) is 10.3. The van der Waals surface area contributed by atoms with E-state index in [9.17, 15) is 4.79 Å². The number of hydrogen-bond acceptors (Lipinski definition) is 3. The van der Waals surface area contributed by atoms with Crippen molar-refractivity contribution in [1.82, 2.24) is 4.90 Å². The van der Waals surface area contributed by atoms with Gasteiger partial charge in [-0.2, -0.15) is 0 Å². The minimum atomic E-state index is -0.423. The Morgan fingerprint density at radius 2 is 1.94 bits per heavy atom. The third-order valence-electron chi connectivity index (χ3n) is 3.54. The fourth-order valence-corrected chi connectivity index (χ4v) is 2.55. The lowest BCUT2D eigenvalue weighted by Gasteiger charge is -2.32. The number of carbonyl (C=O) groups excluding carboxylic acids is 1. The van der Waals surface area contributed by atoms with E-state index in [1.165, 1.54) is 5.56 Å². The summed E-state index contributed by atoms with van der Waals surface area (Å²) in [7, 11) is 0. The van der Waals surface area contributed by atoms with Crippen molar-refractivity contribution in [2.45, 2.75) is 12.5 Å². The van der Waals surface area contributed by atoms with Crippen LogP contribution in [-0.2, 0) is 20.7 Å². The zero-order chi connectivity index (χ0) is 12.4. The molecule has 0 N–H and O–H groups in total. The fraction of sp³-hybridized carbons (Fsp3) is 0.500. The molecule has 1 unspecified atom stereocenters. The summed E-state index contributed by atoms with van der Waals surface area (Å²) >= 11 is 0. The van der Waals surface area contributed by atoms with E-state index in [1.807, 2.05) is 23.1 Å². The zero-order valence-electron chi connectivity index (χ0n) is 10.3. The number of fused-ring (bicyclic) bond motifs is 1. The lowest BCUT2D eigenvalue weighted by Crippen LogP contribution is -2.44. The van der Waals surface area contributed by atoms with E-state index in [0.717, 1.165) is 12.0 Å². The van der Waals surface area contributed by atoms with Gasteiger partial charge in [0.15, 0.2) is 6.10 Å². The maximum atomic E-state index is 12.5. The van der Waals surface area contributed by atoms with E-state index < -0.39 is 6.10 Å². The van der Waals surface area contributed by atoms with Gasteiger partial charge in [0.2, 0.25) is 0 Å². The second kappa shape index (κ2) is 5.08. The lowest BCUT2D eigenvalue weighted by atomic mass is 9.97. The van der Waals surface area contributed by atoms with Gasteiger partial charge in [-0.15, -0.1) is 0 Å². The Morgan fingerprint density at radius 3 is 2.78 bits per heavy atom. The van der Waals surface area contributed by atoms with Crippen LogP contribution in [0.5, 0.6) is 0 Å². The van der Waals surface area contributed by atoms with Crippen molar-refractivity contribution in [2.24, 2.45) is 0 Å². The SMILES string of the molecule is O=C(C1OCCc2ccccc21)N1CCOCC1. The fourth-order valence-electron chi connectivity index (χ4n) is 2.55. The molecule has 4 nitrogen and oxygen atoms in total. The van der Waals surface area contributed by atoms with Gasteiger partial charge in [-0.05, 0) is 17.5 Å². The van der Waals surface area contributed by atoms with Gasteiger partial charge in [-0.3, -0.25) is 4.79 Å². The predicted molar refractivity (Wildman–Crippen MR) is 66.2 cm³/mol. The van der Waals surface area contributed by atoms with Crippen molar-refractivity contribution in [3.05, 3.63) is 35.4 Å². The maximum Gasteiger partial charge on any atom is 0.256 e. The molecule has 4 heteroatoms. The maximum absolute atomic E-state index is 12.5. The molecule has 96 valence electrons. The Labute approximate surface area is 106 Å². The van der Waals surface area contributed by atoms with Crippen LogP contribution in [0.4, 0.5) is 0 Å². The molecular weight excluding hydrogens is 230 g/mol. The predicted octanol–water partition coefficient (Wildman–Crippen LogP) is 1.16. The number of benzene rings is 1. The number of nitrogens with zero attached hydrogens (tertiary/aromatic N) is 1. The molecule has 0 aromatic heterocycles. The minimum absolute atomic E-state index is 0.0745. The Morgan fingerprint density at radius 1 is 1.17 bits per heavy atom. The van der Waals surface area contributed by atoms with Crippen LogP contribution < -0.4 is 0 Å². The minimum Gasteiger partial charge on any atom is -0.378 e. The first-order chi connectivity index (χ1) is 8.86. The molecule has 0 radical (unpaired) electrons. The first-order valence-corrected chi connectivity index (χ1v) is 6.42. The van der Waals surface area contributed by atoms with E-state index in [-0.39, 0.29) is 5.91 Å². The molecule has 2 aliphatic heterocycles. The first-order valence-electron chi connectivity index (χ1n) is 6.42. The summed E-state index contributed by atoms with van der Waals surface area (Å²) in [5.74, 6) is 0.0745. The van der Waals surface area contributed by atoms with Crippen LogP contribution in [0.25, 0.3) is 0 Å². The molecule has 2 heterocycles. The first kappa shape index (κ1) is 11.7. The summed E-state index contributed by atoms with van der Waals surface area (Å²) in [5, 5.41) is 0. The summed E-state index contributed by atoms with van der Waals surface area (Å²) in [6.45, 7) is 3.21. The molecule has 0 saturated carbocycles. The Bertz CT molecular complexity index is 440. The molecule has 1 atom stereocenters. The summed E-state index contributed by atoms with van der Waals surface area (Å²) in [4.78, 5) is 14.3. The lowest BCUT2D eigenvalue weighted by molar-refractivity contribution is -0.149. The number of ether oxygens (including phenoxy) is 2. The van der Waals surface area contributed by atoms with Gasteiger partial charge in [-0.25, -0.2) is 0 Å². The van der Waals surface area contributed by atoms with Crippen molar-refractivity contribution in [1.29, 1.82) is 0 Å². The molecule has 0 spiro atoms. The number of amides is 1. The third kappa shape index (κ3) is 2.13. The molecule has 0 aliphatic carbocycles. The van der Waals surface area contributed by atoms with Gasteiger partial charge in [-0.1, -0.05) is 24.3 Å². The Hall–Kier alpha value is -1.39. The molecule has 3 rings (SSSR count). The van der Waals surface area contributed by atoms with Crippen molar-refractivity contribution in [3.8, 4) is 0 Å². The monoisotopic (exact) mass is 247 g/mol. The van der Waals surface area contributed by atoms with Gasteiger partial charge < -0.3 is 14.4 Å². The molecule has 1 aromatic rings.